The summed E-state index contributed by atoms with van der Waals surface area (Å²) in [7, 11) is 1.58. The van der Waals surface area contributed by atoms with Gasteiger partial charge in [-0.15, -0.1) is 10.2 Å². The van der Waals surface area contributed by atoms with Crippen LogP contribution in [0.4, 0.5) is 13.2 Å². The molecule has 12 nitrogen and oxygen atoms in total. The van der Waals surface area contributed by atoms with E-state index in [0.717, 1.165) is 22.1 Å². The maximum Gasteiger partial charge on any atom is 0.416 e. The van der Waals surface area contributed by atoms with Gasteiger partial charge in [0.2, 0.25) is 0 Å². The Morgan fingerprint density at radius 2 is 1.95 bits per heavy atom. The lowest BCUT2D eigenvalue weighted by atomic mass is 10.2. The highest BCUT2D eigenvalue weighted by molar-refractivity contribution is 6.30. The first-order valence-corrected chi connectivity index (χ1v) is 13.3. The predicted molar refractivity (Wildman–Crippen MR) is 143 cm³/mol. The first kappa shape index (κ1) is 29.4. The van der Waals surface area contributed by atoms with E-state index < -0.39 is 24.5 Å². The van der Waals surface area contributed by atoms with Gasteiger partial charge in [-0.05, 0) is 49.2 Å². The number of carbonyl (C=O) groups is 1. The molecule has 0 aliphatic carbocycles. The molecule has 1 amide bonds. The molecule has 1 aromatic carbocycles. The molecule has 5 rings (SSSR count). The normalized spacial score (nSPS) is 16.2. The number of aromatic nitrogens is 7. The van der Waals surface area contributed by atoms with Crippen molar-refractivity contribution in [1.82, 2.24) is 39.0 Å². The second-order valence-electron chi connectivity index (χ2n) is 9.67. The number of pyridine rings is 1. The molecule has 1 N–H and O–H groups in total. The predicted octanol–water partition coefficient (Wildman–Crippen LogP) is 2.56. The fraction of sp³-hybridized carbons (Fsp3) is 0.385. The van der Waals surface area contributed by atoms with Gasteiger partial charge < -0.3 is 14.7 Å². The van der Waals surface area contributed by atoms with Crippen LogP contribution in [0, 0.1) is 0 Å². The number of likely N-dealkylation sites (tertiary alicyclic amines) is 1. The number of carbonyl (C=O) groups excluding carboxylic acids is 1. The van der Waals surface area contributed by atoms with Crippen molar-refractivity contribution in [2.24, 2.45) is 0 Å². The van der Waals surface area contributed by atoms with Crippen LogP contribution in [0.1, 0.15) is 29.0 Å². The highest BCUT2D eigenvalue weighted by atomic mass is 35.5. The van der Waals surface area contributed by atoms with Crippen LogP contribution < -0.4 is 5.69 Å². The van der Waals surface area contributed by atoms with E-state index >= 15 is 0 Å². The van der Waals surface area contributed by atoms with Crippen molar-refractivity contribution in [2.45, 2.75) is 44.3 Å². The van der Waals surface area contributed by atoms with Crippen LogP contribution in [-0.2, 0) is 17.8 Å². The number of halogens is 4. The Morgan fingerprint density at radius 1 is 1.19 bits per heavy atom. The Hall–Kier alpha value is -4.08. The van der Waals surface area contributed by atoms with E-state index in [1.54, 1.807) is 24.1 Å². The van der Waals surface area contributed by atoms with Crippen LogP contribution in [0.15, 0.2) is 53.7 Å². The van der Waals surface area contributed by atoms with E-state index in [9.17, 15) is 27.9 Å². The highest BCUT2D eigenvalue weighted by Crippen LogP contribution is 2.25. The summed E-state index contributed by atoms with van der Waals surface area (Å²) < 4.78 is 47.6. The summed E-state index contributed by atoms with van der Waals surface area (Å²) in [6.45, 7) is -0.385. The Balaban J connectivity index is 1.45. The van der Waals surface area contributed by atoms with Gasteiger partial charge in [-0.3, -0.25) is 9.36 Å². The molecule has 0 spiro atoms. The van der Waals surface area contributed by atoms with Crippen LogP contribution in [0.3, 0.4) is 0 Å². The number of benzene rings is 1. The summed E-state index contributed by atoms with van der Waals surface area (Å²) in [5, 5.41) is 18.6. The van der Waals surface area contributed by atoms with Gasteiger partial charge in [0, 0.05) is 30.4 Å². The van der Waals surface area contributed by atoms with E-state index in [0.29, 0.717) is 29.3 Å². The average Bonchev–Trinajstić information content (AvgIpc) is 3.69. The summed E-state index contributed by atoms with van der Waals surface area (Å²) in [5.74, 6) is -0.0330. The van der Waals surface area contributed by atoms with Crippen LogP contribution in [0.5, 0.6) is 0 Å². The molecule has 1 aliphatic heterocycles. The summed E-state index contributed by atoms with van der Waals surface area (Å²) >= 11 is 5.93. The van der Waals surface area contributed by atoms with Crippen molar-refractivity contribution in [2.75, 3.05) is 20.3 Å². The van der Waals surface area contributed by atoms with Crippen LogP contribution in [-0.4, -0.2) is 88.6 Å². The van der Waals surface area contributed by atoms with Gasteiger partial charge in [0.1, 0.15) is 12.9 Å². The monoisotopic (exact) mass is 606 g/mol. The summed E-state index contributed by atoms with van der Waals surface area (Å²) in [5.41, 5.74) is -0.301. The molecular weight excluding hydrogens is 581 g/mol. The minimum absolute atomic E-state index is 0.0606. The molecular formula is C26H26ClF3N8O4. The molecule has 1 aliphatic rings. The van der Waals surface area contributed by atoms with Crippen molar-refractivity contribution in [3.05, 3.63) is 75.8 Å². The summed E-state index contributed by atoms with van der Waals surface area (Å²) in [4.78, 5) is 36.9. The smallest absolute Gasteiger partial charge is 0.383 e. The van der Waals surface area contributed by atoms with Gasteiger partial charge >= 0.3 is 11.9 Å². The van der Waals surface area contributed by atoms with Crippen LogP contribution in [0.2, 0.25) is 5.02 Å². The minimum atomic E-state index is -4.95. The number of aliphatic hydroxyl groups is 1. The maximum atomic E-state index is 13.4. The second-order valence-corrected chi connectivity index (χ2v) is 10.1. The molecule has 0 saturated carbocycles. The molecule has 222 valence electrons. The van der Waals surface area contributed by atoms with E-state index in [4.69, 9.17) is 16.3 Å². The maximum absolute atomic E-state index is 13.4. The molecule has 0 radical (unpaired) electrons. The van der Waals surface area contributed by atoms with E-state index in [1.165, 1.54) is 41.5 Å². The molecule has 16 heteroatoms. The molecule has 42 heavy (non-hydrogen) atoms. The van der Waals surface area contributed by atoms with Gasteiger partial charge in [0.05, 0.1) is 24.8 Å². The molecule has 0 bridgehead atoms. The average molecular weight is 607 g/mol. The Bertz CT molecular complexity index is 1620. The molecule has 4 heterocycles. The molecule has 2 atom stereocenters. The first-order valence-electron chi connectivity index (χ1n) is 12.9. The van der Waals surface area contributed by atoms with Crippen molar-refractivity contribution in [3.8, 4) is 17.2 Å². The zero-order chi connectivity index (χ0) is 30.0. The van der Waals surface area contributed by atoms with Gasteiger partial charge in [-0.2, -0.15) is 13.2 Å². The molecule has 3 aromatic heterocycles. The Kier molecular flexibility index (Phi) is 8.43. The van der Waals surface area contributed by atoms with Crippen LogP contribution in [0.25, 0.3) is 17.2 Å². The standard InChI is InChI=1S/C26H26ClF3N8O4/c1-42-14-18-4-3-11-35(18)24(40)19-5-2-10-31-23(19)38-15-32-21(33-38)13-37-25(41)36(12-20(39)26(28,29)30)22(34-37)16-6-8-17(27)9-7-16/h2,5-10,15,18,20,39H,3-4,11-14H2,1H3/t18-,20-/m0/s1. The summed E-state index contributed by atoms with van der Waals surface area (Å²) in [6, 6.07) is 9.19. The zero-order valence-corrected chi connectivity index (χ0v) is 23.0. The van der Waals surface area contributed by atoms with Crippen LogP contribution >= 0.6 is 11.6 Å². The molecule has 0 unspecified atom stereocenters. The van der Waals surface area contributed by atoms with Gasteiger partial charge in [-0.25, -0.2) is 24.1 Å². The lowest BCUT2D eigenvalue weighted by Gasteiger charge is -2.24. The number of amides is 1. The van der Waals surface area contributed by atoms with E-state index in [1.807, 2.05) is 0 Å². The third kappa shape index (κ3) is 6.07. The number of aliphatic hydroxyl groups excluding tert-OH is 1. The number of nitrogens with zero attached hydrogens (tertiary/aromatic N) is 8. The van der Waals surface area contributed by atoms with Gasteiger partial charge in [0.25, 0.3) is 5.91 Å². The quantitative estimate of drug-likeness (QED) is 0.307. The number of ether oxygens (including phenoxy) is 1. The fourth-order valence-electron chi connectivity index (χ4n) is 4.77. The Morgan fingerprint density at radius 3 is 2.67 bits per heavy atom. The summed E-state index contributed by atoms with van der Waals surface area (Å²) in [6.07, 6.45) is -3.25. The fourth-order valence-corrected chi connectivity index (χ4v) is 4.90. The highest BCUT2D eigenvalue weighted by Gasteiger charge is 2.39. The lowest BCUT2D eigenvalue weighted by Crippen LogP contribution is -2.38. The van der Waals surface area contributed by atoms with Gasteiger partial charge in [-0.1, -0.05) is 11.6 Å². The number of alkyl halides is 3. The van der Waals surface area contributed by atoms with Crippen molar-refractivity contribution < 1.29 is 27.8 Å². The zero-order valence-electron chi connectivity index (χ0n) is 22.3. The van der Waals surface area contributed by atoms with Crippen molar-refractivity contribution in [3.63, 3.8) is 0 Å². The number of rotatable bonds is 9. The molecule has 4 aromatic rings. The molecule has 1 fully saturated rings. The number of hydrogen-bond acceptors (Lipinski definition) is 8. The Labute approximate surface area is 241 Å². The minimum Gasteiger partial charge on any atom is -0.383 e. The largest absolute Gasteiger partial charge is 0.416 e. The van der Waals surface area contributed by atoms with E-state index in [-0.39, 0.29) is 36.0 Å². The van der Waals surface area contributed by atoms with E-state index in [2.05, 4.69) is 20.2 Å². The first-order chi connectivity index (χ1) is 20.1. The van der Waals surface area contributed by atoms with Gasteiger partial charge in [0.15, 0.2) is 23.6 Å². The lowest BCUT2D eigenvalue weighted by molar-refractivity contribution is -0.207. The third-order valence-electron chi connectivity index (χ3n) is 6.82. The van der Waals surface area contributed by atoms with Crippen molar-refractivity contribution in [1.29, 1.82) is 0 Å². The van der Waals surface area contributed by atoms with Crippen molar-refractivity contribution >= 4 is 17.5 Å². The third-order valence-corrected chi connectivity index (χ3v) is 7.07. The SMILES string of the molecule is COC[C@@H]1CCCN1C(=O)c1cccnc1-n1cnc(Cn2nc(-c3ccc(Cl)cc3)n(C[C@H](O)C(F)(F)F)c2=O)n1. The second kappa shape index (κ2) is 12.0. The number of hydrogen-bond donors (Lipinski definition) is 1. The molecule has 1 saturated heterocycles. The topological polar surface area (TPSA) is 133 Å². The number of methoxy groups -OCH3 is 1.